The minimum Gasteiger partial charge on any atom is -0.364 e. The second kappa shape index (κ2) is 6.58. The Morgan fingerprint density at radius 1 is 1.23 bits per heavy atom. The Bertz CT molecular complexity index is 715. The fourth-order valence-electron chi connectivity index (χ4n) is 2.59. The van der Waals surface area contributed by atoms with Crippen LogP contribution in [0.15, 0.2) is 64.2 Å². The zero-order chi connectivity index (χ0) is 15.5. The van der Waals surface area contributed by atoms with Gasteiger partial charge in [0.05, 0.1) is 11.8 Å². The minimum atomic E-state index is 0.134. The average molecular weight is 374 g/mol. The van der Waals surface area contributed by atoms with Crippen molar-refractivity contribution in [2.75, 3.05) is 7.05 Å². The lowest BCUT2D eigenvalue weighted by molar-refractivity contribution is 0.367. The second-order valence-electron chi connectivity index (χ2n) is 5.09. The van der Waals surface area contributed by atoms with Crippen LogP contribution in [0.25, 0.3) is 0 Å². The number of halogens is 1. The zero-order valence-electron chi connectivity index (χ0n) is 12.2. The Balaban J connectivity index is 1.96. The van der Waals surface area contributed by atoms with Gasteiger partial charge in [-0.05, 0) is 35.5 Å². The van der Waals surface area contributed by atoms with Crippen LogP contribution in [0.4, 0.5) is 0 Å². The summed E-state index contributed by atoms with van der Waals surface area (Å²) in [5.74, 6) is 0. The first-order chi connectivity index (χ1) is 10.7. The Morgan fingerprint density at radius 2 is 2.00 bits per heavy atom. The molecule has 1 aliphatic heterocycles. The molecule has 112 valence electrons. The van der Waals surface area contributed by atoms with E-state index in [1.54, 1.807) is 0 Å². The fourth-order valence-corrected chi connectivity index (χ4v) is 3.16. The van der Waals surface area contributed by atoms with Gasteiger partial charge in [0.1, 0.15) is 0 Å². The third kappa shape index (κ3) is 3.05. The molecule has 0 radical (unpaired) electrons. The van der Waals surface area contributed by atoms with Crippen LogP contribution in [-0.2, 0) is 0 Å². The predicted octanol–water partition coefficient (Wildman–Crippen LogP) is 4.10. The van der Waals surface area contributed by atoms with E-state index in [0.717, 1.165) is 22.2 Å². The van der Waals surface area contributed by atoms with E-state index in [0.29, 0.717) is 5.11 Å². The van der Waals surface area contributed by atoms with Crippen molar-refractivity contribution in [3.05, 3.63) is 70.2 Å². The quantitative estimate of drug-likeness (QED) is 0.802. The third-order valence-electron chi connectivity index (χ3n) is 3.67. The largest absolute Gasteiger partial charge is 0.364 e. The molecule has 2 aromatic rings. The summed E-state index contributed by atoms with van der Waals surface area (Å²) in [5.41, 5.74) is 3.39. The van der Waals surface area contributed by atoms with Gasteiger partial charge in [0, 0.05) is 17.9 Å². The third-order valence-corrected chi connectivity index (χ3v) is 4.56. The molecule has 1 atom stereocenters. The van der Waals surface area contributed by atoms with E-state index in [-0.39, 0.29) is 6.04 Å². The van der Waals surface area contributed by atoms with Crippen molar-refractivity contribution in [1.29, 1.82) is 0 Å². The standard InChI is InChI=1S/C17H16BrN3S/c1-19-17(22)21-16(12-6-3-2-4-7-12)11-15(20-21)13-8-5-9-14(18)10-13/h2-10,16H,11H2,1H3,(H,19,22)/t16-/m0/s1. The number of nitrogens with one attached hydrogen (secondary N) is 1. The lowest BCUT2D eigenvalue weighted by atomic mass is 9.99. The van der Waals surface area contributed by atoms with Gasteiger partial charge < -0.3 is 5.32 Å². The lowest BCUT2D eigenvalue weighted by Gasteiger charge is -2.23. The molecule has 0 spiro atoms. The average Bonchev–Trinajstić information content (AvgIpc) is 3.00. The van der Waals surface area contributed by atoms with E-state index < -0.39 is 0 Å². The van der Waals surface area contributed by atoms with Crippen LogP contribution >= 0.6 is 28.1 Å². The van der Waals surface area contributed by atoms with Crippen LogP contribution in [0.1, 0.15) is 23.6 Å². The molecule has 0 saturated heterocycles. The van der Waals surface area contributed by atoms with Crippen molar-refractivity contribution in [1.82, 2.24) is 10.3 Å². The van der Waals surface area contributed by atoms with E-state index in [9.17, 15) is 0 Å². The number of thiocarbonyl (C=S) groups is 1. The number of benzene rings is 2. The van der Waals surface area contributed by atoms with Gasteiger partial charge in [-0.2, -0.15) is 5.10 Å². The topological polar surface area (TPSA) is 27.6 Å². The lowest BCUT2D eigenvalue weighted by Crippen LogP contribution is -2.34. The SMILES string of the molecule is CNC(=S)N1N=C(c2cccc(Br)c2)C[C@H]1c1ccccc1. The van der Waals surface area contributed by atoms with Gasteiger partial charge in [-0.25, -0.2) is 5.01 Å². The van der Waals surface area contributed by atoms with Crippen molar-refractivity contribution < 1.29 is 0 Å². The smallest absolute Gasteiger partial charge is 0.189 e. The Kier molecular flexibility index (Phi) is 4.55. The molecule has 0 aromatic heterocycles. The number of nitrogens with zero attached hydrogens (tertiary/aromatic N) is 2. The molecule has 0 unspecified atom stereocenters. The summed E-state index contributed by atoms with van der Waals surface area (Å²) in [6.07, 6.45) is 0.836. The summed E-state index contributed by atoms with van der Waals surface area (Å²) in [4.78, 5) is 0. The maximum absolute atomic E-state index is 5.42. The van der Waals surface area contributed by atoms with Crippen LogP contribution in [0.3, 0.4) is 0 Å². The molecular weight excluding hydrogens is 358 g/mol. The van der Waals surface area contributed by atoms with E-state index in [2.05, 4.69) is 45.5 Å². The molecule has 0 fully saturated rings. The van der Waals surface area contributed by atoms with Crippen molar-refractivity contribution >= 4 is 39.0 Å². The predicted molar refractivity (Wildman–Crippen MR) is 98.0 cm³/mol. The highest BCUT2D eigenvalue weighted by Crippen LogP contribution is 2.33. The molecule has 0 amide bonds. The molecule has 3 rings (SSSR count). The molecule has 5 heteroatoms. The summed E-state index contributed by atoms with van der Waals surface area (Å²) in [6.45, 7) is 0. The molecule has 1 N–H and O–H groups in total. The summed E-state index contributed by atoms with van der Waals surface area (Å²) in [6, 6.07) is 18.7. The van der Waals surface area contributed by atoms with Gasteiger partial charge in [-0.1, -0.05) is 58.4 Å². The van der Waals surface area contributed by atoms with Crippen molar-refractivity contribution in [3.8, 4) is 0 Å². The van der Waals surface area contributed by atoms with Crippen LogP contribution in [0.5, 0.6) is 0 Å². The van der Waals surface area contributed by atoms with E-state index >= 15 is 0 Å². The maximum atomic E-state index is 5.42. The van der Waals surface area contributed by atoms with E-state index in [4.69, 9.17) is 17.3 Å². The van der Waals surface area contributed by atoms with Crippen LogP contribution < -0.4 is 5.32 Å². The van der Waals surface area contributed by atoms with Crippen molar-refractivity contribution in [2.45, 2.75) is 12.5 Å². The molecule has 22 heavy (non-hydrogen) atoms. The van der Waals surface area contributed by atoms with Gasteiger partial charge in [0.15, 0.2) is 5.11 Å². The minimum absolute atomic E-state index is 0.134. The molecule has 0 aliphatic carbocycles. The molecule has 0 bridgehead atoms. The summed E-state index contributed by atoms with van der Waals surface area (Å²) >= 11 is 8.94. The van der Waals surface area contributed by atoms with Gasteiger partial charge in [-0.15, -0.1) is 0 Å². The summed E-state index contributed by atoms with van der Waals surface area (Å²) < 4.78 is 1.05. The Morgan fingerprint density at radius 3 is 2.68 bits per heavy atom. The molecule has 1 heterocycles. The second-order valence-corrected chi connectivity index (χ2v) is 6.39. The van der Waals surface area contributed by atoms with Gasteiger partial charge in [0.25, 0.3) is 0 Å². The molecule has 2 aromatic carbocycles. The Hall–Kier alpha value is -1.72. The first-order valence-electron chi connectivity index (χ1n) is 7.08. The van der Waals surface area contributed by atoms with E-state index in [1.165, 1.54) is 5.56 Å². The highest BCUT2D eigenvalue weighted by atomic mass is 79.9. The summed E-state index contributed by atoms with van der Waals surface area (Å²) in [5, 5.41) is 10.3. The number of hydrogen-bond donors (Lipinski definition) is 1. The number of hydrogen-bond acceptors (Lipinski definition) is 2. The monoisotopic (exact) mass is 373 g/mol. The van der Waals surface area contributed by atoms with Crippen molar-refractivity contribution in [2.24, 2.45) is 5.10 Å². The first-order valence-corrected chi connectivity index (χ1v) is 8.28. The van der Waals surface area contributed by atoms with Crippen molar-refractivity contribution in [3.63, 3.8) is 0 Å². The highest BCUT2D eigenvalue weighted by Gasteiger charge is 2.30. The van der Waals surface area contributed by atoms with Gasteiger partial charge >= 0.3 is 0 Å². The zero-order valence-corrected chi connectivity index (χ0v) is 14.6. The molecule has 3 nitrogen and oxygen atoms in total. The fraction of sp³-hybridized carbons (Fsp3) is 0.176. The normalized spacial score (nSPS) is 17.3. The number of hydrazone groups is 1. The highest BCUT2D eigenvalue weighted by molar-refractivity contribution is 9.10. The van der Waals surface area contributed by atoms with E-state index in [1.807, 2.05) is 42.4 Å². The number of rotatable bonds is 2. The Labute approximate surface area is 144 Å². The van der Waals surface area contributed by atoms with Gasteiger partial charge in [0.2, 0.25) is 0 Å². The summed E-state index contributed by atoms with van der Waals surface area (Å²) in [7, 11) is 1.83. The molecule has 0 saturated carbocycles. The van der Waals surface area contributed by atoms with Crippen LogP contribution in [0.2, 0.25) is 0 Å². The molecule has 1 aliphatic rings. The first kappa shape index (κ1) is 15.2. The van der Waals surface area contributed by atoms with Crippen LogP contribution in [0, 0.1) is 0 Å². The van der Waals surface area contributed by atoms with Crippen LogP contribution in [-0.4, -0.2) is 22.9 Å². The molecular formula is C17H16BrN3S. The maximum Gasteiger partial charge on any atom is 0.189 e. The van der Waals surface area contributed by atoms with Gasteiger partial charge in [-0.3, -0.25) is 0 Å².